The van der Waals surface area contributed by atoms with Gasteiger partial charge in [-0.15, -0.1) is 24.8 Å². The number of rotatable bonds is 4. The van der Waals surface area contributed by atoms with Crippen molar-refractivity contribution in [3.05, 3.63) is 48.3 Å². The maximum atomic E-state index is 12.8. The summed E-state index contributed by atoms with van der Waals surface area (Å²) >= 11 is 0. The third kappa shape index (κ3) is 5.10. The fourth-order valence-electron chi connectivity index (χ4n) is 3.06. The standard InChI is InChI=1S/C19H23N3O2.2ClH/c1-22(17-7-9-20-10-8-17)19(23)16-11-15(12-21-13-16)14-3-5-18(24-2)6-4-14;;/h3-6,11-13,17,20H,7-10H2,1-2H3;2*1H. The van der Waals surface area contributed by atoms with Crippen LogP contribution < -0.4 is 10.1 Å². The summed E-state index contributed by atoms with van der Waals surface area (Å²) in [5.41, 5.74) is 2.58. The second kappa shape index (κ2) is 10.4. The first-order valence-electron chi connectivity index (χ1n) is 8.26. The molecular weight excluding hydrogens is 373 g/mol. The van der Waals surface area contributed by atoms with Gasteiger partial charge in [-0.05, 0) is 49.7 Å². The van der Waals surface area contributed by atoms with Gasteiger partial charge in [0.2, 0.25) is 0 Å². The van der Waals surface area contributed by atoms with Crippen molar-refractivity contribution < 1.29 is 9.53 Å². The molecule has 0 saturated carbocycles. The highest BCUT2D eigenvalue weighted by molar-refractivity contribution is 5.95. The van der Waals surface area contributed by atoms with E-state index in [0.717, 1.165) is 42.8 Å². The molecule has 1 aromatic heterocycles. The van der Waals surface area contributed by atoms with Crippen LogP contribution in [0.15, 0.2) is 42.7 Å². The molecule has 1 aliphatic heterocycles. The first-order valence-corrected chi connectivity index (χ1v) is 8.26. The number of benzene rings is 1. The second-order valence-corrected chi connectivity index (χ2v) is 6.09. The minimum atomic E-state index is 0. The first-order chi connectivity index (χ1) is 11.7. The van der Waals surface area contributed by atoms with E-state index in [4.69, 9.17) is 4.74 Å². The molecule has 1 saturated heterocycles. The van der Waals surface area contributed by atoms with Crippen LogP contribution in [0.2, 0.25) is 0 Å². The summed E-state index contributed by atoms with van der Waals surface area (Å²) in [4.78, 5) is 18.9. The molecular formula is C19H25Cl2N3O2. The van der Waals surface area contributed by atoms with Crippen LogP contribution in [0.1, 0.15) is 23.2 Å². The number of hydrogen-bond acceptors (Lipinski definition) is 4. The van der Waals surface area contributed by atoms with Gasteiger partial charge in [0.05, 0.1) is 12.7 Å². The van der Waals surface area contributed by atoms with Gasteiger partial charge in [-0.1, -0.05) is 12.1 Å². The molecule has 2 aromatic rings. The maximum absolute atomic E-state index is 12.8. The van der Waals surface area contributed by atoms with Gasteiger partial charge in [0, 0.05) is 31.0 Å². The molecule has 3 rings (SSSR count). The van der Waals surface area contributed by atoms with E-state index in [0.29, 0.717) is 11.6 Å². The third-order valence-electron chi connectivity index (χ3n) is 4.59. The summed E-state index contributed by atoms with van der Waals surface area (Å²) in [7, 11) is 3.53. The number of amides is 1. The number of aromatic nitrogens is 1. The first kappa shape index (κ1) is 22.2. The minimum Gasteiger partial charge on any atom is -0.497 e. The smallest absolute Gasteiger partial charge is 0.255 e. The van der Waals surface area contributed by atoms with E-state index in [1.165, 1.54) is 0 Å². The lowest BCUT2D eigenvalue weighted by Crippen LogP contribution is -2.44. The Hall–Kier alpha value is -1.82. The summed E-state index contributed by atoms with van der Waals surface area (Å²) < 4.78 is 5.18. The van der Waals surface area contributed by atoms with E-state index in [1.807, 2.05) is 42.3 Å². The summed E-state index contributed by atoms with van der Waals surface area (Å²) in [6.45, 7) is 1.93. The van der Waals surface area contributed by atoms with E-state index in [2.05, 4.69) is 10.3 Å². The lowest BCUT2D eigenvalue weighted by molar-refractivity contribution is 0.0703. The van der Waals surface area contributed by atoms with Gasteiger partial charge in [-0.3, -0.25) is 9.78 Å². The van der Waals surface area contributed by atoms with Crippen molar-refractivity contribution in [2.24, 2.45) is 0 Å². The van der Waals surface area contributed by atoms with E-state index >= 15 is 0 Å². The monoisotopic (exact) mass is 397 g/mol. The number of nitrogens with zero attached hydrogens (tertiary/aromatic N) is 2. The summed E-state index contributed by atoms with van der Waals surface area (Å²) in [5.74, 6) is 0.842. The van der Waals surface area contributed by atoms with Gasteiger partial charge in [0.15, 0.2) is 0 Å². The quantitative estimate of drug-likeness (QED) is 0.858. The molecule has 142 valence electrons. The summed E-state index contributed by atoms with van der Waals surface area (Å²) in [6.07, 6.45) is 5.41. The summed E-state index contributed by atoms with van der Waals surface area (Å²) in [5, 5.41) is 3.33. The summed E-state index contributed by atoms with van der Waals surface area (Å²) in [6, 6.07) is 9.97. The Morgan fingerprint density at radius 1 is 1.12 bits per heavy atom. The molecule has 1 aromatic carbocycles. The molecule has 1 aliphatic rings. The Morgan fingerprint density at radius 3 is 2.38 bits per heavy atom. The van der Waals surface area contributed by atoms with E-state index in [9.17, 15) is 4.79 Å². The van der Waals surface area contributed by atoms with Crippen LogP contribution in [0, 0.1) is 0 Å². The Labute approximate surface area is 167 Å². The number of piperidine rings is 1. The van der Waals surface area contributed by atoms with Crippen LogP contribution in [0.4, 0.5) is 0 Å². The Morgan fingerprint density at radius 2 is 1.77 bits per heavy atom. The van der Waals surface area contributed by atoms with E-state index in [-0.39, 0.29) is 30.7 Å². The average molecular weight is 398 g/mol. The molecule has 7 heteroatoms. The molecule has 0 unspecified atom stereocenters. The molecule has 1 N–H and O–H groups in total. The largest absolute Gasteiger partial charge is 0.497 e. The lowest BCUT2D eigenvalue weighted by atomic mass is 10.0. The van der Waals surface area contributed by atoms with Crippen molar-refractivity contribution in [3.8, 4) is 16.9 Å². The van der Waals surface area contributed by atoms with Crippen LogP contribution in [0.25, 0.3) is 11.1 Å². The molecule has 0 spiro atoms. The van der Waals surface area contributed by atoms with Gasteiger partial charge < -0.3 is 15.0 Å². The molecule has 0 aliphatic carbocycles. The van der Waals surface area contributed by atoms with Crippen LogP contribution >= 0.6 is 24.8 Å². The fourth-order valence-corrected chi connectivity index (χ4v) is 3.06. The van der Waals surface area contributed by atoms with Gasteiger partial charge >= 0.3 is 0 Å². The zero-order chi connectivity index (χ0) is 16.9. The molecule has 5 nitrogen and oxygen atoms in total. The van der Waals surface area contributed by atoms with Crippen LogP contribution in [-0.2, 0) is 0 Å². The second-order valence-electron chi connectivity index (χ2n) is 6.09. The Balaban J connectivity index is 0.00000169. The predicted octanol–water partition coefficient (Wildman–Crippen LogP) is 3.42. The highest BCUT2D eigenvalue weighted by atomic mass is 35.5. The van der Waals surface area contributed by atoms with Crippen molar-refractivity contribution in [2.45, 2.75) is 18.9 Å². The molecule has 26 heavy (non-hydrogen) atoms. The zero-order valence-corrected chi connectivity index (χ0v) is 16.6. The molecule has 2 heterocycles. The highest BCUT2D eigenvalue weighted by Gasteiger charge is 2.23. The van der Waals surface area contributed by atoms with E-state index < -0.39 is 0 Å². The van der Waals surface area contributed by atoms with Gasteiger partial charge in [-0.25, -0.2) is 0 Å². The molecule has 0 atom stereocenters. The van der Waals surface area contributed by atoms with Crippen LogP contribution in [0.3, 0.4) is 0 Å². The van der Waals surface area contributed by atoms with Crippen molar-refractivity contribution in [3.63, 3.8) is 0 Å². The normalized spacial score (nSPS) is 13.9. The third-order valence-corrected chi connectivity index (χ3v) is 4.59. The predicted molar refractivity (Wildman–Crippen MR) is 109 cm³/mol. The van der Waals surface area contributed by atoms with Crippen LogP contribution in [0.5, 0.6) is 5.75 Å². The average Bonchev–Trinajstić information content (AvgIpc) is 2.67. The van der Waals surface area contributed by atoms with Gasteiger partial charge in [0.25, 0.3) is 5.91 Å². The molecule has 0 bridgehead atoms. The number of carbonyl (C=O) groups is 1. The topological polar surface area (TPSA) is 54.5 Å². The molecule has 0 radical (unpaired) electrons. The van der Waals surface area contributed by atoms with Crippen LogP contribution in [-0.4, -0.2) is 49.1 Å². The van der Waals surface area contributed by atoms with E-state index in [1.54, 1.807) is 19.5 Å². The number of carbonyl (C=O) groups excluding carboxylic acids is 1. The van der Waals surface area contributed by atoms with Gasteiger partial charge in [0.1, 0.15) is 5.75 Å². The number of ether oxygens (including phenoxy) is 1. The molecule has 1 fully saturated rings. The van der Waals surface area contributed by atoms with Crippen molar-refractivity contribution >= 4 is 30.7 Å². The highest BCUT2D eigenvalue weighted by Crippen LogP contribution is 2.23. The SMILES string of the molecule is COc1ccc(-c2cncc(C(=O)N(C)C3CCNCC3)c2)cc1.Cl.Cl. The minimum absolute atomic E-state index is 0. The number of nitrogens with one attached hydrogen (secondary N) is 1. The number of halogens is 2. The maximum Gasteiger partial charge on any atom is 0.255 e. The number of methoxy groups -OCH3 is 1. The van der Waals surface area contributed by atoms with Crippen molar-refractivity contribution in [1.82, 2.24) is 15.2 Å². The number of pyridine rings is 1. The Kier molecular flexibility index (Phi) is 8.85. The van der Waals surface area contributed by atoms with Crippen molar-refractivity contribution in [2.75, 3.05) is 27.2 Å². The zero-order valence-electron chi connectivity index (χ0n) is 15.0. The molecule has 1 amide bonds. The van der Waals surface area contributed by atoms with Gasteiger partial charge in [-0.2, -0.15) is 0 Å². The number of hydrogen-bond donors (Lipinski definition) is 1. The van der Waals surface area contributed by atoms with Crippen molar-refractivity contribution in [1.29, 1.82) is 0 Å². The Bertz CT molecular complexity index is 704. The lowest BCUT2D eigenvalue weighted by Gasteiger charge is -2.31. The fraction of sp³-hybridized carbons (Fsp3) is 0.368.